The van der Waals surface area contributed by atoms with E-state index in [0.717, 1.165) is 29.9 Å². The number of nitrogens with zero attached hydrogens (tertiary/aromatic N) is 2. The third-order valence-corrected chi connectivity index (χ3v) is 7.01. The monoisotopic (exact) mass is 581 g/mol. The number of para-hydroxylation sites is 1. The summed E-state index contributed by atoms with van der Waals surface area (Å²) < 4.78 is 12.5. The molecular formula is C30H36ClN5O5. The van der Waals surface area contributed by atoms with Crippen molar-refractivity contribution in [1.29, 1.82) is 0 Å². The zero-order chi connectivity index (χ0) is 29.2. The van der Waals surface area contributed by atoms with Crippen LogP contribution in [-0.4, -0.2) is 55.9 Å². The van der Waals surface area contributed by atoms with Crippen LogP contribution in [0.5, 0.6) is 5.75 Å². The number of carbonyl (C=O) groups excluding carboxylic acids is 2. The maximum atomic E-state index is 13.3. The number of halogens is 1. The van der Waals surface area contributed by atoms with E-state index >= 15 is 0 Å². The quantitative estimate of drug-likeness (QED) is 0.301. The molecule has 0 spiro atoms. The first-order chi connectivity index (χ1) is 19.9. The van der Waals surface area contributed by atoms with Crippen LogP contribution in [0.15, 0.2) is 59.5 Å². The molecule has 0 unspecified atom stereocenters. The molecule has 3 N–H and O–H groups in total. The van der Waals surface area contributed by atoms with Crippen molar-refractivity contribution >= 4 is 29.1 Å². The molecule has 2 amide bonds. The number of pyridine rings is 1. The molecule has 0 atom stereocenters. The molecule has 2 heterocycles. The van der Waals surface area contributed by atoms with Gasteiger partial charge in [0.2, 0.25) is 5.91 Å². The lowest BCUT2D eigenvalue weighted by Gasteiger charge is -2.30. The number of hydrogen-bond acceptors (Lipinski definition) is 7. The summed E-state index contributed by atoms with van der Waals surface area (Å²) in [5.41, 5.74) is 6.85. The Kier molecular flexibility index (Phi) is 10.6. The van der Waals surface area contributed by atoms with Gasteiger partial charge in [-0.1, -0.05) is 29.8 Å². The largest absolute Gasteiger partial charge is 0.483 e. The van der Waals surface area contributed by atoms with Crippen LogP contribution in [0.25, 0.3) is 0 Å². The molecule has 0 radical (unpaired) electrons. The van der Waals surface area contributed by atoms with Gasteiger partial charge in [-0.05, 0) is 55.3 Å². The minimum Gasteiger partial charge on any atom is -0.483 e. The molecule has 1 aromatic heterocycles. The van der Waals surface area contributed by atoms with Crippen molar-refractivity contribution < 1.29 is 19.1 Å². The summed E-state index contributed by atoms with van der Waals surface area (Å²) in [6.45, 7) is 7.57. The Morgan fingerprint density at radius 3 is 2.56 bits per heavy atom. The Morgan fingerprint density at radius 1 is 1.00 bits per heavy atom. The molecule has 4 rings (SSSR count). The van der Waals surface area contributed by atoms with Gasteiger partial charge < -0.3 is 30.4 Å². The van der Waals surface area contributed by atoms with E-state index in [1.165, 1.54) is 4.68 Å². The van der Waals surface area contributed by atoms with Crippen LogP contribution in [0.3, 0.4) is 0 Å². The Labute approximate surface area is 244 Å². The van der Waals surface area contributed by atoms with E-state index in [9.17, 15) is 14.4 Å². The number of ether oxygens (including phenoxy) is 2. The molecule has 1 aliphatic heterocycles. The Bertz CT molecular complexity index is 1420. The zero-order valence-corrected chi connectivity index (χ0v) is 24.1. The second-order valence-corrected chi connectivity index (χ2v) is 10.1. The van der Waals surface area contributed by atoms with Gasteiger partial charge >= 0.3 is 0 Å². The first kappa shape index (κ1) is 30.0. The molecule has 11 heteroatoms. The topological polar surface area (TPSA) is 114 Å². The number of carbonyl (C=O) groups is 2. The van der Waals surface area contributed by atoms with E-state index in [0.29, 0.717) is 48.2 Å². The van der Waals surface area contributed by atoms with Crippen molar-refractivity contribution in [3.8, 4) is 5.75 Å². The number of aryl methyl sites for hydroxylation is 1. The Hall–Kier alpha value is -4.02. The lowest BCUT2D eigenvalue weighted by Crippen LogP contribution is -2.37. The molecule has 10 nitrogen and oxygen atoms in total. The van der Waals surface area contributed by atoms with Crippen LogP contribution < -0.4 is 31.3 Å². The third kappa shape index (κ3) is 8.25. The first-order valence-corrected chi connectivity index (χ1v) is 14.0. The predicted molar refractivity (Wildman–Crippen MR) is 159 cm³/mol. The number of benzene rings is 2. The fourth-order valence-corrected chi connectivity index (χ4v) is 4.78. The van der Waals surface area contributed by atoms with Crippen molar-refractivity contribution in [2.75, 3.05) is 49.8 Å². The van der Waals surface area contributed by atoms with Crippen molar-refractivity contribution in [2.24, 2.45) is 0 Å². The van der Waals surface area contributed by atoms with Crippen molar-refractivity contribution in [1.82, 2.24) is 15.3 Å². The summed E-state index contributed by atoms with van der Waals surface area (Å²) in [5, 5.41) is 5.99. The number of rotatable bonds is 12. The van der Waals surface area contributed by atoms with Gasteiger partial charge in [0.25, 0.3) is 11.5 Å². The summed E-state index contributed by atoms with van der Waals surface area (Å²) in [6, 6.07) is 14.9. The van der Waals surface area contributed by atoms with Gasteiger partial charge in [-0.15, -0.1) is 0 Å². The number of nitrogens with one attached hydrogen (secondary N) is 3. The van der Waals surface area contributed by atoms with Gasteiger partial charge in [0.15, 0.2) is 6.61 Å². The maximum Gasteiger partial charge on any atom is 0.272 e. The molecule has 0 aliphatic carbocycles. The highest BCUT2D eigenvalue weighted by Gasteiger charge is 2.16. The van der Waals surface area contributed by atoms with Gasteiger partial charge in [0.05, 0.1) is 26.2 Å². The van der Waals surface area contributed by atoms with Crippen molar-refractivity contribution in [3.63, 3.8) is 0 Å². The SMILES string of the molecule is CCNC(=O)COc1ccc(Cl)cc1CNC(=O)Cc1c(C)ccn(NCc2ccccc2N2CCOCC2)c1=O. The molecular weight excluding hydrogens is 546 g/mol. The van der Waals surface area contributed by atoms with Crippen LogP contribution in [0.4, 0.5) is 5.69 Å². The zero-order valence-electron chi connectivity index (χ0n) is 23.4. The lowest BCUT2D eigenvalue weighted by atomic mass is 10.1. The average molecular weight is 582 g/mol. The summed E-state index contributed by atoms with van der Waals surface area (Å²) >= 11 is 6.15. The van der Waals surface area contributed by atoms with Gasteiger partial charge in [-0.3, -0.25) is 14.4 Å². The van der Waals surface area contributed by atoms with Gasteiger partial charge in [-0.2, -0.15) is 0 Å². The molecule has 1 aliphatic rings. The number of anilines is 1. The van der Waals surface area contributed by atoms with E-state index in [-0.39, 0.29) is 36.9 Å². The second-order valence-electron chi connectivity index (χ2n) is 9.66. The molecule has 41 heavy (non-hydrogen) atoms. The van der Waals surface area contributed by atoms with Gasteiger partial charge in [-0.25, -0.2) is 4.68 Å². The molecule has 1 saturated heterocycles. The summed E-state index contributed by atoms with van der Waals surface area (Å²) in [7, 11) is 0. The molecule has 0 saturated carbocycles. The minimum absolute atomic E-state index is 0.0901. The highest BCUT2D eigenvalue weighted by Crippen LogP contribution is 2.23. The van der Waals surface area contributed by atoms with Crippen LogP contribution in [0, 0.1) is 6.92 Å². The number of likely N-dealkylation sites (N-methyl/N-ethyl adjacent to an activating group) is 1. The molecule has 218 valence electrons. The number of amides is 2. The minimum atomic E-state index is -0.324. The van der Waals surface area contributed by atoms with E-state index in [4.69, 9.17) is 21.1 Å². The summed E-state index contributed by atoms with van der Waals surface area (Å²) in [5.74, 6) is -0.123. The predicted octanol–water partition coefficient (Wildman–Crippen LogP) is 2.76. The Balaban J connectivity index is 1.40. The number of morpholine rings is 1. The highest BCUT2D eigenvalue weighted by atomic mass is 35.5. The highest BCUT2D eigenvalue weighted by molar-refractivity contribution is 6.30. The first-order valence-electron chi connectivity index (χ1n) is 13.7. The van der Waals surface area contributed by atoms with E-state index in [1.54, 1.807) is 24.4 Å². The Morgan fingerprint density at radius 2 is 1.78 bits per heavy atom. The fourth-order valence-electron chi connectivity index (χ4n) is 4.59. The van der Waals surface area contributed by atoms with E-state index in [2.05, 4.69) is 27.0 Å². The normalized spacial score (nSPS) is 13.0. The summed E-state index contributed by atoms with van der Waals surface area (Å²) in [6.07, 6.45) is 1.59. The van der Waals surface area contributed by atoms with E-state index < -0.39 is 0 Å². The van der Waals surface area contributed by atoms with E-state index in [1.807, 2.05) is 38.1 Å². The van der Waals surface area contributed by atoms with Crippen LogP contribution in [0.1, 0.15) is 29.2 Å². The van der Waals surface area contributed by atoms with Gasteiger partial charge in [0.1, 0.15) is 5.75 Å². The van der Waals surface area contributed by atoms with Crippen LogP contribution >= 0.6 is 11.6 Å². The standard InChI is InChI=1S/C30H36ClN5O5/c1-3-32-29(38)20-41-27-9-8-24(31)16-23(27)18-33-28(37)17-25-21(2)10-11-36(30(25)39)34-19-22-6-4-5-7-26(22)35-12-14-40-15-13-35/h4-11,16,34H,3,12-15,17-20H2,1-2H3,(H,32,38)(H,33,37). The number of hydrogen-bond donors (Lipinski definition) is 3. The van der Waals surface area contributed by atoms with Crippen LogP contribution in [-0.2, 0) is 33.8 Å². The molecule has 0 bridgehead atoms. The lowest BCUT2D eigenvalue weighted by molar-refractivity contribution is -0.123. The molecule has 2 aromatic carbocycles. The fraction of sp³-hybridized carbons (Fsp3) is 0.367. The molecule has 1 fully saturated rings. The molecule has 3 aromatic rings. The second kappa shape index (κ2) is 14.6. The van der Waals surface area contributed by atoms with Crippen molar-refractivity contribution in [3.05, 3.63) is 92.4 Å². The van der Waals surface area contributed by atoms with Crippen molar-refractivity contribution in [2.45, 2.75) is 33.4 Å². The third-order valence-electron chi connectivity index (χ3n) is 6.78. The van der Waals surface area contributed by atoms with Crippen LogP contribution in [0.2, 0.25) is 5.02 Å². The van der Waals surface area contributed by atoms with Gasteiger partial charge in [0, 0.05) is 54.2 Å². The summed E-state index contributed by atoms with van der Waals surface area (Å²) in [4.78, 5) is 40.3. The number of aromatic nitrogens is 1. The smallest absolute Gasteiger partial charge is 0.272 e. The average Bonchev–Trinajstić information content (AvgIpc) is 2.98. The maximum absolute atomic E-state index is 13.3.